The predicted molar refractivity (Wildman–Crippen MR) is 79.3 cm³/mol. The van der Waals surface area contributed by atoms with Gasteiger partial charge in [0.05, 0.1) is 0 Å². The highest BCUT2D eigenvalue weighted by molar-refractivity contribution is 5.95. The van der Waals surface area contributed by atoms with Crippen LogP contribution in [0, 0.1) is 5.92 Å². The van der Waals surface area contributed by atoms with Crippen LogP contribution in [0.2, 0.25) is 0 Å². The first kappa shape index (κ1) is 12.7. The summed E-state index contributed by atoms with van der Waals surface area (Å²) in [5, 5.41) is 0. The number of hydrogen-bond donors (Lipinski definition) is 1. The Balaban J connectivity index is 1.73. The summed E-state index contributed by atoms with van der Waals surface area (Å²) in [4.78, 5) is 18.1. The first-order chi connectivity index (χ1) is 9.74. The summed E-state index contributed by atoms with van der Waals surface area (Å²) in [6.45, 7) is 0.747. The van der Waals surface area contributed by atoms with E-state index < -0.39 is 0 Å². The second-order valence-corrected chi connectivity index (χ2v) is 5.16. The topological polar surface area (TPSA) is 59.2 Å². The van der Waals surface area contributed by atoms with E-state index in [0.717, 1.165) is 24.2 Å². The van der Waals surface area contributed by atoms with Gasteiger partial charge in [0.1, 0.15) is 5.82 Å². The van der Waals surface area contributed by atoms with Crippen molar-refractivity contribution in [2.24, 2.45) is 5.92 Å². The van der Waals surface area contributed by atoms with Gasteiger partial charge in [-0.15, -0.1) is 0 Å². The van der Waals surface area contributed by atoms with Crippen molar-refractivity contribution in [2.75, 3.05) is 17.2 Å². The Morgan fingerprint density at radius 3 is 2.75 bits per heavy atom. The number of nitrogens with zero attached hydrogens (tertiary/aromatic N) is 2. The van der Waals surface area contributed by atoms with Crippen LogP contribution in [0.1, 0.15) is 12.0 Å². The second-order valence-electron chi connectivity index (χ2n) is 5.16. The minimum Gasteiger partial charge on any atom is -0.383 e. The molecule has 0 radical (unpaired) electrons. The maximum Gasteiger partial charge on any atom is 0.227 e. The molecular weight excluding hydrogens is 250 g/mol. The van der Waals surface area contributed by atoms with E-state index in [0.29, 0.717) is 18.2 Å². The lowest BCUT2D eigenvalue weighted by atomic mass is 9.99. The molecular formula is C16H17N3O. The van der Waals surface area contributed by atoms with Crippen LogP contribution in [0.5, 0.6) is 0 Å². The highest BCUT2D eigenvalue weighted by atomic mass is 16.2. The lowest BCUT2D eigenvalue weighted by molar-refractivity contribution is -0.117. The zero-order chi connectivity index (χ0) is 13.9. The average molecular weight is 267 g/mol. The van der Waals surface area contributed by atoms with Crippen molar-refractivity contribution in [1.29, 1.82) is 0 Å². The smallest absolute Gasteiger partial charge is 0.227 e. The minimum absolute atomic E-state index is 0.184. The van der Waals surface area contributed by atoms with E-state index >= 15 is 0 Å². The highest BCUT2D eigenvalue weighted by Crippen LogP contribution is 2.27. The van der Waals surface area contributed by atoms with Crippen LogP contribution >= 0.6 is 0 Å². The molecule has 0 spiro atoms. The Kier molecular flexibility index (Phi) is 3.37. The number of aromatic nitrogens is 1. The summed E-state index contributed by atoms with van der Waals surface area (Å²) in [5.41, 5.74) is 7.87. The van der Waals surface area contributed by atoms with Gasteiger partial charge in [-0.2, -0.15) is 0 Å². The summed E-state index contributed by atoms with van der Waals surface area (Å²) in [5.74, 6) is 1.05. The molecule has 1 aliphatic heterocycles. The van der Waals surface area contributed by atoms with Crippen LogP contribution in [-0.2, 0) is 11.2 Å². The van der Waals surface area contributed by atoms with Gasteiger partial charge >= 0.3 is 0 Å². The maximum absolute atomic E-state index is 12.1. The van der Waals surface area contributed by atoms with Crippen molar-refractivity contribution < 1.29 is 4.79 Å². The third-order valence-electron chi connectivity index (χ3n) is 3.71. The molecule has 3 rings (SSSR count). The Bertz CT molecular complexity index is 612. The summed E-state index contributed by atoms with van der Waals surface area (Å²) >= 11 is 0. The Morgan fingerprint density at radius 2 is 2.00 bits per heavy atom. The number of hydrogen-bond acceptors (Lipinski definition) is 3. The molecule has 4 nitrogen and oxygen atoms in total. The van der Waals surface area contributed by atoms with E-state index in [9.17, 15) is 4.79 Å². The number of amides is 1. The van der Waals surface area contributed by atoms with Crippen LogP contribution in [0.3, 0.4) is 0 Å². The summed E-state index contributed by atoms with van der Waals surface area (Å²) in [6, 6.07) is 13.7. The van der Waals surface area contributed by atoms with Crippen molar-refractivity contribution in [1.82, 2.24) is 4.98 Å². The van der Waals surface area contributed by atoms with E-state index in [4.69, 9.17) is 5.73 Å². The predicted octanol–water partition coefficient (Wildman–Crippen LogP) is 2.26. The Morgan fingerprint density at radius 1 is 1.20 bits per heavy atom. The fraction of sp³-hybridized carbons (Fsp3) is 0.250. The number of benzene rings is 1. The van der Waals surface area contributed by atoms with E-state index in [1.54, 1.807) is 6.20 Å². The van der Waals surface area contributed by atoms with Gasteiger partial charge in [0, 0.05) is 24.8 Å². The number of rotatable bonds is 3. The zero-order valence-corrected chi connectivity index (χ0v) is 11.2. The molecule has 0 unspecified atom stereocenters. The quantitative estimate of drug-likeness (QED) is 0.928. The first-order valence-electron chi connectivity index (χ1n) is 6.79. The molecule has 2 aromatic rings. The number of carbonyl (C=O) groups is 1. The van der Waals surface area contributed by atoms with Gasteiger partial charge in [-0.1, -0.05) is 24.3 Å². The number of pyridine rings is 1. The van der Waals surface area contributed by atoms with E-state index in [2.05, 4.69) is 4.98 Å². The van der Waals surface area contributed by atoms with Crippen molar-refractivity contribution in [3.63, 3.8) is 0 Å². The molecule has 1 aromatic heterocycles. The number of para-hydroxylation sites is 1. The lowest BCUT2D eigenvalue weighted by Crippen LogP contribution is -2.24. The molecule has 2 N–H and O–H groups in total. The number of nitrogen functional groups attached to an aromatic ring is 1. The summed E-state index contributed by atoms with van der Waals surface area (Å²) in [7, 11) is 0. The van der Waals surface area contributed by atoms with Crippen LogP contribution in [0.25, 0.3) is 0 Å². The van der Waals surface area contributed by atoms with E-state index in [1.165, 1.54) is 0 Å². The van der Waals surface area contributed by atoms with Crippen LogP contribution in [-0.4, -0.2) is 17.4 Å². The normalized spacial score (nSPS) is 18.5. The highest BCUT2D eigenvalue weighted by Gasteiger charge is 2.30. The molecule has 1 fully saturated rings. The molecule has 4 heteroatoms. The first-order valence-corrected chi connectivity index (χ1v) is 6.79. The average Bonchev–Trinajstić information content (AvgIpc) is 2.83. The standard InChI is InChI=1S/C16H17N3O/c17-16-13(5-4-8-18-16)9-12-10-15(20)19(11-12)14-6-2-1-3-7-14/h1-8,12H,9-11H2,(H2,17,18)/t12-/m0/s1. The Labute approximate surface area is 118 Å². The van der Waals surface area contributed by atoms with Gasteiger partial charge in [-0.25, -0.2) is 4.98 Å². The molecule has 1 atom stereocenters. The van der Waals surface area contributed by atoms with Gasteiger partial charge < -0.3 is 10.6 Å². The zero-order valence-electron chi connectivity index (χ0n) is 11.2. The molecule has 1 aromatic carbocycles. The monoisotopic (exact) mass is 267 g/mol. The van der Waals surface area contributed by atoms with Gasteiger partial charge in [0.15, 0.2) is 0 Å². The van der Waals surface area contributed by atoms with E-state index in [1.807, 2.05) is 47.4 Å². The fourth-order valence-electron chi connectivity index (χ4n) is 2.71. The summed E-state index contributed by atoms with van der Waals surface area (Å²) < 4.78 is 0. The molecule has 1 aliphatic rings. The lowest BCUT2D eigenvalue weighted by Gasteiger charge is -2.16. The molecule has 1 saturated heterocycles. The Hall–Kier alpha value is -2.36. The molecule has 2 heterocycles. The minimum atomic E-state index is 0.184. The number of anilines is 2. The number of carbonyl (C=O) groups excluding carboxylic acids is 1. The van der Waals surface area contributed by atoms with Gasteiger partial charge in [0.2, 0.25) is 5.91 Å². The third kappa shape index (κ3) is 2.50. The fourth-order valence-corrected chi connectivity index (χ4v) is 2.71. The SMILES string of the molecule is Nc1ncccc1C[C@H]1CC(=O)N(c2ccccc2)C1. The summed E-state index contributed by atoms with van der Waals surface area (Å²) in [6.07, 6.45) is 3.06. The largest absolute Gasteiger partial charge is 0.383 e. The van der Waals surface area contributed by atoms with E-state index in [-0.39, 0.29) is 5.91 Å². The van der Waals surface area contributed by atoms with Crippen molar-refractivity contribution >= 4 is 17.4 Å². The van der Waals surface area contributed by atoms with Gasteiger partial charge in [0.25, 0.3) is 0 Å². The van der Waals surface area contributed by atoms with Crippen molar-refractivity contribution in [3.05, 3.63) is 54.2 Å². The van der Waals surface area contributed by atoms with Gasteiger partial charge in [-0.05, 0) is 36.1 Å². The third-order valence-corrected chi connectivity index (χ3v) is 3.71. The molecule has 0 aliphatic carbocycles. The molecule has 20 heavy (non-hydrogen) atoms. The van der Waals surface area contributed by atoms with Crippen molar-refractivity contribution in [2.45, 2.75) is 12.8 Å². The van der Waals surface area contributed by atoms with Crippen LogP contribution in [0.4, 0.5) is 11.5 Å². The van der Waals surface area contributed by atoms with Crippen LogP contribution in [0.15, 0.2) is 48.7 Å². The molecule has 0 saturated carbocycles. The molecule has 102 valence electrons. The maximum atomic E-state index is 12.1. The molecule has 1 amide bonds. The number of nitrogens with two attached hydrogens (primary N) is 1. The van der Waals surface area contributed by atoms with Crippen LogP contribution < -0.4 is 10.6 Å². The second kappa shape index (κ2) is 5.33. The van der Waals surface area contributed by atoms with Crippen molar-refractivity contribution in [3.8, 4) is 0 Å². The van der Waals surface area contributed by atoms with Gasteiger partial charge in [-0.3, -0.25) is 4.79 Å². The molecule has 0 bridgehead atoms.